The van der Waals surface area contributed by atoms with Crippen molar-refractivity contribution in [1.29, 1.82) is 0 Å². The lowest BCUT2D eigenvalue weighted by molar-refractivity contribution is -0.124. The zero-order chi connectivity index (χ0) is 19.5. The third-order valence-electron chi connectivity index (χ3n) is 3.98. The second kappa shape index (κ2) is 7.92. The molecule has 0 aliphatic carbocycles. The van der Waals surface area contributed by atoms with Crippen molar-refractivity contribution in [2.45, 2.75) is 17.9 Å². The number of nitrogens with two attached hydrogens (primary N) is 1. The predicted molar refractivity (Wildman–Crippen MR) is 94.1 cm³/mol. The van der Waals surface area contributed by atoms with Crippen LogP contribution in [0.4, 0.5) is 8.78 Å². The molecule has 0 spiro atoms. The maximum absolute atomic E-state index is 13.7. The van der Waals surface area contributed by atoms with E-state index < -0.39 is 33.4 Å². The first kappa shape index (κ1) is 20.0. The molecule has 2 atom stereocenters. The summed E-state index contributed by atoms with van der Waals surface area (Å²) in [6, 6.07) is 8.36. The molecule has 0 saturated heterocycles. The Labute approximate surface area is 151 Å². The lowest BCUT2D eigenvalue weighted by Gasteiger charge is -2.22. The summed E-state index contributed by atoms with van der Waals surface area (Å²) >= 11 is 0. The van der Waals surface area contributed by atoms with Gasteiger partial charge in [0.15, 0.2) is 21.5 Å². The SMILES string of the molecule is CC(CN)C(=O)NC(c1cccc(S(C)(=O)=O)c1)c1ccc(F)c(F)c1. The molecule has 0 bridgehead atoms. The maximum atomic E-state index is 13.7. The van der Waals surface area contributed by atoms with Crippen LogP contribution < -0.4 is 11.1 Å². The smallest absolute Gasteiger partial charge is 0.224 e. The molecule has 140 valence electrons. The van der Waals surface area contributed by atoms with Gasteiger partial charge in [0.25, 0.3) is 0 Å². The van der Waals surface area contributed by atoms with Crippen LogP contribution in [0, 0.1) is 17.6 Å². The first-order valence-corrected chi connectivity index (χ1v) is 9.78. The summed E-state index contributed by atoms with van der Waals surface area (Å²) in [7, 11) is -3.47. The van der Waals surface area contributed by atoms with E-state index in [1.165, 1.54) is 24.3 Å². The van der Waals surface area contributed by atoms with Crippen molar-refractivity contribution in [2.24, 2.45) is 11.7 Å². The van der Waals surface area contributed by atoms with Gasteiger partial charge in [0.2, 0.25) is 5.91 Å². The number of halogens is 2. The normalized spacial score (nSPS) is 13.9. The van der Waals surface area contributed by atoms with Crippen molar-refractivity contribution in [3.8, 4) is 0 Å². The monoisotopic (exact) mass is 382 g/mol. The van der Waals surface area contributed by atoms with Gasteiger partial charge in [0.05, 0.1) is 10.9 Å². The lowest BCUT2D eigenvalue weighted by Crippen LogP contribution is -2.36. The largest absolute Gasteiger partial charge is 0.345 e. The molecule has 0 fully saturated rings. The molecule has 5 nitrogen and oxygen atoms in total. The van der Waals surface area contributed by atoms with E-state index in [1.54, 1.807) is 13.0 Å². The summed E-state index contributed by atoms with van der Waals surface area (Å²) in [5, 5.41) is 2.72. The molecule has 2 aromatic rings. The number of nitrogens with one attached hydrogen (secondary N) is 1. The maximum Gasteiger partial charge on any atom is 0.224 e. The molecule has 26 heavy (non-hydrogen) atoms. The quantitative estimate of drug-likeness (QED) is 0.801. The highest BCUT2D eigenvalue weighted by Crippen LogP contribution is 2.26. The number of rotatable bonds is 6. The summed E-state index contributed by atoms with van der Waals surface area (Å²) < 4.78 is 50.6. The fraction of sp³-hybridized carbons (Fsp3) is 0.278. The Morgan fingerprint density at radius 2 is 1.77 bits per heavy atom. The Bertz CT molecular complexity index is 916. The van der Waals surface area contributed by atoms with Gasteiger partial charge in [-0.3, -0.25) is 4.79 Å². The number of hydrogen-bond acceptors (Lipinski definition) is 4. The molecule has 3 N–H and O–H groups in total. The Balaban J connectivity index is 2.53. The Morgan fingerprint density at radius 1 is 1.12 bits per heavy atom. The topological polar surface area (TPSA) is 89.3 Å². The molecular formula is C18H20F2N2O3S. The number of hydrogen-bond donors (Lipinski definition) is 2. The van der Waals surface area contributed by atoms with Crippen molar-refractivity contribution < 1.29 is 22.0 Å². The molecule has 2 rings (SSSR count). The second-order valence-corrected chi connectivity index (χ2v) is 8.11. The van der Waals surface area contributed by atoms with E-state index in [9.17, 15) is 22.0 Å². The average molecular weight is 382 g/mol. The zero-order valence-corrected chi connectivity index (χ0v) is 15.2. The third-order valence-corrected chi connectivity index (χ3v) is 5.09. The standard InChI is InChI=1S/C18H20F2N2O3S/c1-11(10-21)18(23)22-17(13-6-7-15(19)16(20)9-13)12-4-3-5-14(8-12)26(2,24)25/h3-9,11,17H,10,21H2,1-2H3,(H,22,23). The summed E-state index contributed by atoms with van der Waals surface area (Å²) in [6.07, 6.45) is 1.06. The van der Waals surface area contributed by atoms with Gasteiger partial charge in [-0.15, -0.1) is 0 Å². The molecule has 2 aromatic carbocycles. The Hall–Kier alpha value is -2.32. The van der Waals surface area contributed by atoms with Crippen LogP contribution in [-0.2, 0) is 14.6 Å². The zero-order valence-electron chi connectivity index (χ0n) is 14.4. The second-order valence-electron chi connectivity index (χ2n) is 6.10. The van der Waals surface area contributed by atoms with E-state index in [0.29, 0.717) is 5.56 Å². The molecule has 0 aromatic heterocycles. The van der Waals surface area contributed by atoms with Crippen LogP contribution in [-0.4, -0.2) is 27.1 Å². The minimum Gasteiger partial charge on any atom is -0.345 e. The van der Waals surface area contributed by atoms with E-state index in [1.807, 2.05) is 0 Å². The number of carbonyl (C=O) groups is 1. The van der Waals surface area contributed by atoms with Crippen LogP contribution in [0.5, 0.6) is 0 Å². The van der Waals surface area contributed by atoms with Gasteiger partial charge in [0, 0.05) is 18.7 Å². The molecule has 0 heterocycles. The highest BCUT2D eigenvalue weighted by Gasteiger charge is 2.22. The minimum absolute atomic E-state index is 0.0590. The highest BCUT2D eigenvalue weighted by molar-refractivity contribution is 7.90. The summed E-state index contributed by atoms with van der Waals surface area (Å²) in [5.74, 6) is -2.96. The summed E-state index contributed by atoms with van der Waals surface area (Å²) in [4.78, 5) is 12.3. The van der Waals surface area contributed by atoms with E-state index in [2.05, 4.69) is 5.32 Å². The predicted octanol–water partition coefficient (Wildman–Crippen LogP) is 2.17. The van der Waals surface area contributed by atoms with Crippen LogP contribution in [0.15, 0.2) is 47.4 Å². The number of carbonyl (C=O) groups excluding carboxylic acids is 1. The molecule has 0 aliphatic rings. The van der Waals surface area contributed by atoms with Gasteiger partial charge >= 0.3 is 0 Å². The van der Waals surface area contributed by atoms with E-state index in [-0.39, 0.29) is 22.9 Å². The summed E-state index contributed by atoms with van der Waals surface area (Å²) in [6.45, 7) is 1.74. The molecular weight excluding hydrogens is 362 g/mol. The van der Waals surface area contributed by atoms with Crippen molar-refractivity contribution in [2.75, 3.05) is 12.8 Å². The number of sulfone groups is 1. The third kappa shape index (κ3) is 4.64. The molecule has 8 heteroatoms. The van der Waals surface area contributed by atoms with E-state index in [0.717, 1.165) is 18.4 Å². The van der Waals surface area contributed by atoms with Crippen molar-refractivity contribution in [3.63, 3.8) is 0 Å². The molecule has 2 unspecified atom stereocenters. The van der Waals surface area contributed by atoms with E-state index >= 15 is 0 Å². The fourth-order valence-electron chi connectivity index (χ4n) is 2.37. The van der Waals surface area contributed by atoms with Crippen molar-refractivity contribution >= 4 is 15.7 Å². The number of amides is 1. The molecule has 1 amide bonds. The first-order chi connectivity index (χ1) is 12.1. The number of benzene rings is 2. The van der Waals surface area contributed by atoms with Crippen molar-refractivity contribution in [3.05, 3.63) is 65.2 Å². The minimum atomic E-state index is -3.47. The summed E-state index contributed by atoms with van der Waals surface area (Å²) in [5.41, 5.74) is 6.21. The van der Waals surface area contributed by atoms with E-state index in [4.69, 9.17) is 5.73 Å². The van der Waals surface area contributed by atoms with Gasteiger partial charge in [0.1, 0.15) is 0 Å². The van der Waals surface area contributed by atoms with Gasteiger partial charge in [-0.05, 0) is 35.4 Å². The van der Waals surface area contributed by atoms with Crippen LogP contribution in [0.1, 0.15) is 24.1 Å². The first-order valence-electron chi connectivity index (χ1n) is 7.89. The Kier molecular flexibility index (Phi) is 6.09. The lowest BCUT2D eigenvalue weighted by atomic mass is 9.97. The van der Waals surface area contributed by atoms with Crippen LogP contribution in [0.25, 0.3) is 0 Å². The van der Waals surface area contributed by atoms with Gasteiger partial charge < -0.3 is 11.1 Å². The Morgan fingerprint density at radius 3 is 2.35 bits per heavy atom. The van der Waals surface area contributed by atoms with Crippen molar-refractivity contribution in [1.82, 2.24) is 5.32 Å². The highest BCUT2D eigenvalue weighted by atomic mass is 32.2. The van der Waals surface area contributed by atoms with Crippen LogP contribution in [0.2, 0.25) is 0 Å². The van der Waals surface area contributed by atoms with Crippen LogP contribution >= 0.6 is 0 Å². The molecule has 0 radical (unpaired) electrons. The average Bonchev–Trinajstić information content (AvgIpc) is 2.60. The van der Waals surface area contributed by atoms with Gasteiger partial charge in [-0.2, -0.15) is 0 Å². The molecule has 0 aliphatic heterocycles. The fourth-order valence-corrected chi connectivity index (χ4v) is 3.04. The van der Waals surface area contributed by atoms with Gasteiger partial charge in [-0.1, -0.05) is 25.1 Å². The van der Waals surface area contributed by atoms with Gasteiger partial charge in [-0.25, -0.2) is 17.2 Å². The molecule has 0 saturated carbocycles. The van der Waals surface area contributed by atoms with Crippen LogP contribution in [0.3, 0.4) is 0 Å².